The molecule has 8 aliphatic heterocycles. The summed E-state index contributed by atoms with van der Waals surface area (Å²) in [7, 11) is 1.72. The molecule has 4 fully saturated rings. The van der Waals surface area contributed by atoms with Gasteiger partial charge < -0.3 is 57.9 Å². The first-order valence-electron chi connectivity index (χ1n) is 49.4. The number of aromatic nitrogens is 16. The Morgan fingerprint density at radius 1 is 0.345 bits per heavy atom. The third-order valence-corrected chi connectivity index (χ3v) is 28.4. The number of alkyl halides is 4. The number of ether oxygens (including phenoxy) is 7. The van der Waals surface area contributed by atoms with E-state index in [1.165, 1.54) is 27.7 Å². The fraction of sp³-hybridized carbons (Fsp3) is 0.361. The number of fused-ring (bicyclic) bond motifs is 12. The molecule has 145 heavy (non-hydrogen) atoms. The molecule has 0 bridgehead atoms. The van der Waals surface area contributed by atoms with Gasteiger partial charge in [0.1, 0.15) is 23.0 Å². The molecule has 4 saturated heterocycles. The summed E-state index contributed by atoms with van der Waals surface area (Å²) < 4.78 is 108. The van der Waals surface area contributed by atoms with Crippen molar-refractivity contribution in [3.63, 3.8) is 0 Å². The Morgan fingerprint density at radius 3 is 0.883 bits per heavy atom. The molecule has 37 heteroatoms. The second-order valence-electron chi connectivity index (χ2n) is 37.4. The standard InChI is InChI=1S/C28H28FN5O4.C28H30FN5O3.2C26H26FN5O3/c1-17(29)38-25-5-3-2-4-21(25)23-10-13-33-26(35)22-7-6-19(14-24(22)34(23)33)20-15-30-28(31-16-20)32-11-8-18(9-12-32)27(36)37;1-18(29)37-26-8-4-3-7-22(26)24-11-13-33-27(35)23-10-9-19(14-25(23)34(24)33)20-15-30-28(31-16-20)32-12-5-6-21(32)17-36-2;2*1-17(27)35-24-5-3-2-4-20(24)22-8-9-31-25(33)21-7-6-18(14-23(21)32(22)31)19-15-28-26(29-16-19)30-10-12-34-13-11-30/h2-7,14-18,23H,8-13H2,1H3,(H,36,37);3-4,7-10,14-16,18,21,24H,5-6,11-13,17H2,1-2H3;2*2-7,14-17,22H,8-13H2,1H3/t;18?,21-,24+;2*17?,22-/m.110/s1. The number of aliphatic carboxylic acids is 1. The van der Waals surface area contributed by atoms with Gasteiger partial charge in [0.05, 0.1) is 113 Å². The number of hydrogen-bond acceptors (Lipinski definition) is 24. The maximum Gasteiger partial charge on any atom is 0.306 e. The van der Waals surface area contributed by atoms with Gasteiger partial charge in [-0.1, -0.05) is 97.1 Å². The molecule has 24 rings (SSSR count). The summed E-state index contributed by atoms with van der Waals surface area (Å²) >= 11 is 0. The van der Waals surface area contributed by atoms with Gasteiger partial charge in [-0.25, -0.2) is 76.2 Å². The van der Waals surface area contributed by atoms with Crippen LogP contribution in [-0.4, -0.2) is 206 Å². The molecule has 8 aromatic heterocycles. The Hall–Kier alpha value is -15.4. The summed E-state index contributed by atoms with van der Waals surface area (Å²) in [6.07, 6.45) is 15.0. The predicted octanol–water partition coefficient (Wildman–Crippen LogP) is 16.4. The third-order valence-electron chi connectivity index (χ3n) is 28.4. The molecule has 5 unspecified atom stereocenters. The number of rotatable bonds is 23. The largest absolute Gasteiger partial charge is 0.481 e. The highest BCUT2D eigenvalue weighted by Crippen LogP contribution is 2.45. The Labute approximate surface area is 829 Å². The van der Waals surface area contributed by atoms with Crippen LogP contribution in [0.15, 0.2) is 239 Å². The lowest BCUT2D eigenvalue weighted by atomic mass is 9.97. The number of morpholine rings is 2. The van der Waals surface area contributed by atoms with Gasteiger partial charge in [-0.05, 0) is 146 Å². The molecule has 0 spiro atoms. The summed E-state index contributed by atoms with van der Waals surface area (Å²) in [6, 6.07) is 52.7. The first-order chi connectivity index (χ1) is 70.6. The third kappa shape index (κ3) is 19.2. The number of nitrogens with zero attached hydrogens (tertiary/aromatic N) is 20. The molecule has 33 nitrogen and oxygen atoms in total. The Bertz CT molecular complexity index is 7460. The van der Waals surface area contributed by atoms with Crippen LogP contribution >= 0.6 is 0 Å². The minimum Gasteiger partial charge on any atom is -0.481 e. The summed E-state index contributed by atoms with van der Waals surface area (Å²) in [5.74, 6) is 3.59. The van der Waals surface area contributed by atoms with E-state index in [4.69, 9.17) is 33.2 Å². The molecular formula is C108H110F4N20O13. The number of methoxy groups -OCH3 is 1. The molecular weight excluding hydrogens is 1860 g/mol. The van der Waals surface area contributed by atoms with Gasteiger partial charge in [0.15, 0.2) is 0 Å². The molecule has 16 aromatic rings. The summed E-state index contributed by atoms with van der Waals surface area (Å²) in [4.78, 5) is 109. The Kier molecular flexibility index (Phi) is 27.4. The number of benzene rings is 8. The first-order valence-corrected chi connectivity index (χ1v) is 49.4. The fourth-order valence-corrected chi connectivity index (χ4v) is 21.6. The van der Waals surface area contributed by atoms with Crippen molar-refractivity contribution in [2.45, 2.75) is 161 Å². The van der Waals surface area contributed by atoms with Gasteiger partial charge in [0.25, 0.3) is 22.2 Å². The van der Waals surface area contributed by atoms with Crippen molar-refractivity contribution in [1.29, 1.82) is 0 Å². The van der Waals surface area contributed by atoms with Gasteiger partial charge in [-0.15, -0.1) is 0 Å². The van der Waals surface area contributed by atoms with E-state index in [9.17, 15) is 46.6 Å². The first kappa shape index (κ1) is 95.8. The minimum absolute atomic E-state index is 0.0221. The van der Waals surface area contributed by atoms with Crippen molar-refractivity contribution in [2.24, 2.45) is 5.92 Å². The van der Waals surface area contributed by atoms with Crippen LogP contribution in [0.5, 0.6) is 23.0 Å². The van der Waals surface area contributed by atoms with Crippen molar-refractivity contribution < 1.29 is 60.6 Å². The number of hydrogen-bond donors (Lipinski definition) is 1. The number of anilines is 4. The molecule has 9 atom stereocenters. The number of piperidine rings is 1. The fourth-order valence-electron chi connectivity index (χ4n) is 21.6. The number of carboxylic acids is 1. The molecule has 8 aromatic carbocycles. The van der Waals surface area contributed by atoms with Crippen LogP contribution < -0.4 is 60.8 Å². The molecule has 16 heterocycles. The summed E-state index contributed by atoms with van der Waals surface area (Å²) in [5.41, 5.74) is 13.7. The van der Waals surface area contributed by atoms with E-state index in [0.717, 1.165) is 154 Å². The predicted molar refractivity (Wildman–Crippen MR) is 541 cm³/mol. The average Bonchev–Trinajstić information content (AvgIpc) is 1.59. The van der Waals surface area contributed by atoms with Gasteiger partial charge in [0, 0.05) is 201 Å². The zero-order valence-electron chi connectivity index (χ0n) is 80.8. The SMILES string of the molecule is CC(F)Oc1ccccc1C1CCn2c(=O)c3ccc(-c4cnc(N5CCC(C(=O)O)CC5)nc4)cc3n21.CC(F)Oc1ccccc1[C@@H]1CCn2c(=O)c3ccc(-c4cnc(N5CCOCC5)nc4)cc3n21.CC(F)Oc1ccccc1[C@H]1CCn2c(=O)c3ccc(-c4cnc(N5CCOCC5)nc4)cc3n21.COC[C@H]1CCCN1c1ncc(-c2ccc3c(=O)n4n(c3c2)[C@H](c2ccccc2OC(C)F)CC4)cn1. The highest BCUT2D eigenvalue weighted by atomic mass is 19.2. The number of carboxylic acid groups (broad SMARTS) is 1. The van der Waals surface area contributed by atoms with Crippen molar-refractivity contribution in [3.8, 4) is 67.5 Å². The number of halogens is 4. The lowest BCUT2D eigenvalue weighted by Gasteiger charge is -2.30. The molecule has 8 aliphatic rings. The number of carbonyl (C=O) groups is 1. The highest BCUT2D eigenvalue weighted by molar-refractivity contribution is 5.89. The van der Waals surface area contributed by atoms with Gasteiger partial charge >= 0.3 is 5.97 Å². The maximum atomic E-state index is 13.7. The van der Waals surface area contributed by atoms with E-state index in [0.29, 0.717) is 166 Å². The average molecular weight is 1970 g/mol. The van der Waals surface area contributed by atoms with Crippen LogP contribution in [0.4, 0.5) is 41.4 Å². The zero-order valence-corrected chi connectivity index (χ0v) is 80.8. The molecule has 0 aliphatic carbocycles. The molecule has 748 valence electrons. The van der Waals surface area contributed by atoms with Crippen LogP contribution in [0, 0.1) is 5.92 Å². The van der Waals surface area contributed by atoms with Crippen LogP contribution in [0.25, 0.3) is 88.1 Å². The second-order valence-corrected chi connectivity index (χ2v) is 37.4. The monoisotopic (exact) mass is 1970 g/mol. The minimum atomic E-state index is -1.45. The van der Waals surface area contributed by atoms with E-state index in [1.807, 2.05) is 206 Å². The van der Waals surface area contributed by atoms with Crippen molar-refractivity contribution >= 4 is 73.4 Å². The van der Waals surface area contributed by atoms with Crippen LogP contribution in [-0.2, 0) is 45.2 Å². The maximum absolute atomic E-state index is 13.7. The zero-order chi connectivity index (χ0) is 99.8. The second kappa shape index (κ2) is 41.5. The van der Waals surface area contributed by atoms with Gasteiger partial charge in [-0.2, -0.15) is 0 Å². The van der Waals surface area contributed by atoms with E-state index in [1.54, 1.807) is 62.5 Å². The highest BCUT2D eigenvalue weighted by Gasteiger charge is 2.38. The van der Waals surface area contributed by atoms with Crippen LogP contribution in [0.1, 0.15) is 125 Å². The quantitative estimate of drug-likeness (QED) is 0.0581. The van der Waals surface area contributed by atoms with Crippen molar-refractivity contribution in [1.82, 2.24) is 77.3 Å². The lowest BCUT2D eigenvalue weighted by molar-refractivity contribution is -0.142. The lowest BCUT2D eigenvalue weighted by Crippen LogP contribution is -2.37. The molecule has 0 amide bonds. The van der Waals surface area contributed by atoms with E-state index >= 15 is 0 Å². The molecule has 1 N–H and O–H groups in total. The van der Waals surface area contributed by atoms with Crippen molar-refractivity contribution in [3.05, 3.63) is 283 Å². The smallest absolute Gasteiger partial charge is 0.306 e. The summed E-state index contributed by atoms with van der Waals surface area (Å²) in [6.45, 7) is 16.4. The van der Waals surface area contributed by atoms with E-state index < -0.39 is 31.4 Å². The van der Waals surface area contributed by atoms with Gasteiger partial charge in [0.2, 0.25) is 49.2 Å². The normalized spacial score (nSPS) is 18.9. The van der Waals surface area contributed by atoms with Crippen LogP contribution in [0.3, 0.4) is 0 Å². The Morgan fingerprint density at radius 2 is 0.614 bits per heavy atom. The van der Waals surface area contributed by atoms with Crippen molar-refractivity contribution in [2.75, 3.05) is 106 Å². The van der Waals surface area contributed by atoms with E-state index in [-0.39, 0.29) is 52.3 Å². The molecule has 0 saturated carbocycles. The van der Waals surface area contributed by atoms with E-state index in [2.05, 4.69) is 54.6 Å². The summed E-state index contributed by atoms with van der Waals surface area (Å²) in [5, 5.41) is 11.8. The molecule has 0 radical (unpaired) electrons. The Balaban J connectivity index is 0.000000114. The topological polar surface area (TPSA) is 326 Å². The van der Waals surface area contributed by atoms with Crippen LogP contribution in [0.2, 0.25) is 0 Å². The van der Waals surface area contributed by atoms with Gasteiger partial charge in [-0.3, -0.25) is 42.7 Å². The number of para-hydroxylation sites is 4.